The zero-order valence-corrected chi connectivity index (χ0v) is 7.49. The molecule has 0 aromatic heterocycles. The van der Waals surface area contributed by atoms with Crippen LogP contribution in [0.1, 0.15) is 25.3 Å². The van der Waals surface area contributed by atoms with Gasteiger partial charge in [-0.15, -0.1) is 12.4 Å². The molecule has 0 unspecified atom stereocenters. The molecule has 0 amide bonds. The van der Waals surface area contributed by atoms with E-state index < -0.39 is 0 Å². The Morgan fingerprint density at radius 3 is 1.91 bits per heavy atom. The van der Waals surface area contributed by atoms with Crippen LogP contribution in [-0.2, 0) is 0 Å². The standard InChI is InChI=1S/C9H11F.ClH/c1-7(2)8-3-5-9(10)6-4-8;/h3-7H,1-2H3;1H. The summed E-state index contributed by atoms with van der Waals surface area (Å²) in [6.45, 7) is 4.18. The molecule has 2 heteroatoms. The van der Waals surface area contributed by atoms with Gasteiger partial charge in [-0.25, -0.2) is 4.39 Å². The van der Waals surface area contributed by atoms with Gasteiger partial charge in [0.05, 0.1) is 0 Å². The Kier molecular flexibility index (Phi) is 4.12. The van der Waals surface area contributed by atoms with Crippen molar-refractivity contribution in [2.45, 2.75) is 19.8 Å². The van der Waals surface area contributed by atoms with Crippen LogP contribution in [0.25, 0.3) is 0 Å². The van der Waals surface area contributed by atoms with Crippen molar-refractivity contribution in [1.29, 1.82) is 0 Å². The maximum absolute atomic E-state index is 12.4. The normalized spacial score (nSPS) is 9.45. The highest BCUT2D eigenvalue weighted by atomic mass is 35.5. The molecule has 0 spiro atoms. The lowest BCUT2D eigenvalue weighted by Crippen LogP contribution is -1.85. The molecule has 11 heavy (non-hydrogen) atoms. The molecule has 0 bridgehead atoms. The minimum atomic E-state index is -0.163. The molecule has 0 nitrogen and oxygen atoms in total. The maximum atomic E-state index is 12.4. The molecule has 1 rings (SSSR count). The van der Waals surface area contributed by atoms with Gasteiger partial charge >= 0.3 is 0 Å². The van der Waals surface area contributed by atoms with Crippen molar-refractivity contribution in [1.82, 2.24) is 0 Å². The fraction of sp³-hybridized carbons (Fsp3) is 0.333. The van der Waals surface area contributed by atoms with E-state index in [2.05, 4.69) is 13.8 Å². The van der Waals surface area contributed by atoms with E-state index in [1.54, 1.807) is 0 Å². The largest absolute Gasteiger partial charge is 0.207 e. The highest BCUT2D eigenvalue weighted by Gasteiger charge is 1.96. The van der Waals surface area contributed by atoms with E-state index in [4.69, 9.17) is 0 Å². The third-order valence-electron chi connectivity index (χ3n) is 1.54. The average molecular weight is 175 g/mol. The first-order valence-electron chi connectivity index (χ1n) is 3.45. The van der Waals surface area contributed by atoms with Crippen molar-refractivity contribution >= 4 is 12.4 Å². The van der Waals surface area contributed by atoms with Gasteiger partial charge in [0, 0.05) is 0 Å². The molecule has 0 fully saturated rings. The van der Waals surface area contributed by atoms with E-state index >= 15 is 0 Å². The van der Waals surface area contributed by atoms with Gasteiger partial charge in [0.15, 0.2) is 0 Å². The zero-order valence-electron chi connectivity index (χ0n) is 6.67. The van der Waals surface area contributed by atoms with Gasteiger partial charge in [-0.1, -0.05) is 26.0 Å². The predicted octanol–water partition coefficient (Wildman–Crippen LogP) is 3.37. The van der Waals surface area contributed by atoms with Crippen molar-refractivity contribution in [3.63, 3.8) is 0 Å². The topological polar surface area (TPSA) is 0 Å². The molecule has 1 aromatic rings. The summed E-state index contributed by atoms with van der Waals surface area (Å²) in [6.07, 6.45) is 0. The Balaban J connectivity index is 0.000001000. The fourth-order valence-corrected chi connectivity index (χ4v) is 0.848. The first-order chi connectivity index (χ1) is 4.70. The second-order valence-corrected chi connectivity index (χ2v) is 2.71. The molecule has 0 aliphatic rings. The third kappa shape index (κ3) is 2.89. The summed E-state index contributed by atoms with van der Waals surface area (Å²) in [5.41, 5.74) is 1.18. The van der Waals surface area contributed by atoms with E-state index in [1.165, 1.54) is 17.7 Å². The van der Waals surface area contributed by atoms with Gasteiger partial charge in [0.25, 0.3) is 0 Å². The monoisotopic (exact) mass is 174 g/mol. The van der Waals surface area contributed by atoms with E-state index in [9.17, 15) is 4.39 Å². The van der Waals surface area contributed by atoms with E-state index in [1.807, 2.05) is 12.1 Å². The van der Waals surface area contributed by atoms with Crippen LogP contribution in [0, 0.1) is 5.82 Å². The Bertz CT molecular complexity index is 203. The average Bonchev–Trinajstić information content (AvgIpc) is 1.88. The Labute approximate surface area is 72.8 Å². The fourth-order valence-electron chi connectivity index (χ4n) is 0.848. The lowest BCUT2D eigenvalue weighted by Gasteiger charge is -2.02. The summed E-state index contributed by atoms with van der Waals surface area (Å²) < 4.78 is 12.4. The lowest BCUT2D eigenvalue weighted by molar-refractivity contribution is 0.626. The van der Waals surface area contributed by atoms with Crippen LogP contribution in [0.2, 0.25) is 0 Å². The molecule has 0 atom stereocenters. The molecule has 0 saturated carbocycles. The van der Waals surface area contributed by atoms with Crippen LogP contribution in [0.15, 0.2) is 24.3 Å². The van der Waals surface area contributed by atoms with Crippen molar-refractivity contribution in [2.24, 2.45) is 0 Å². The first-order valence-corrected chi connectivity index (χ1v) is 3.45. The number of rotatable bonds is 1. The lowest BCUT2D eigenvalue weighted by atomic mass is 10.0. The molecule has 62 valence electrons. The number of benzene rings is 1. The highest BCUT2D eigenvalue weighted by molar-refractivity contribution is 5.85. The minimum Gasteiger partial charge on any atom is -0.207 e. The van der Waals surface area contributed by atoms with Gasteiger partial charge in [-0.05, 0) is 23.6 Å². The number of halogens is 2. The molecule has 0 heterocycles. The van der Waals surface area contributed by atoms with Gasteiger partial charge in [0.2, 0.25) is 0 Å². The minimum absolute atomic E-state index is 0. The molecule has 1 aromatic carbocycles. The maximum Gasteiger partial charge on any atom is 0.123 e. The van der Waals surface area contributed by atoms with Crippen molar-refractivity contribution in [3.8, 4) is 0 Å². The molecule has 0 radical (unpaired) electrons. The van der Waals surface area contributed by atoms with Gasteiger partial charge < -0.3 is 0 Å². The summed E-state index contributed by atoms with van der Waals surface area (Å²) in [7, 11) is 0. The second kappa shape index (κ2) is 4.35. The summed E-state index contributed by atoms with van der Waals surface area (Å²) in [6, 6.07) is 6.63. The first kappa shape index (κ1) is 10.4. The zero-order chi connectivity index (χ0) is 7.56. The number of hydrogen-bond donors (Lipinski definition) is 0. The molecule has 0 aliphatic carbocycles. The summed E-state index contributed by atoms with van der Waals surface area (Å²) >= 11 is 0. The Morgan fingerprint density at radius 2 is 1.55 bits per heavy atom. The van der Waals surface area contributed by atoms with Crippen LogP contribution in [0.3, 0.4) is 0 Å². The summed E-state index contributed by atoms with van der Waals surface area (Å²) in [5.74, 6) is 0.324. The van der Waals surface area contributed by atoms with E-state index in [0.717, 1.165) is 0 Å². The van der Waals surface area contributed by atoms with Crippen molar-refractivity contribution in [3.05, 3.63) is 35.6 Å². The SMILES string of the molecule is CC(C)c1ccc(F)cc1.Cl. The second-order valence-electron chi connectivity index (χ2n) is 2.71. The number of hydrogen-bond acceptors (Lipinski definition) is 0. The smallest absolute Gasteiger partial charge is 0.123 e. The van der Waals surface area contributed by atoms with Crippen LogP contribution in [-0.4, -0.2) is 0 Å². The quantitative estimate of drug-likeness (QED) is 0.613. The predicted molar refractivity (Wildman–Crippen MR) is 47.7 cm³/mol. The van der Waals surface area contributed by atoms with Crippen LogP contribution in [0.5, 0.6) is 0 Å². The van der Waals surface area contributed by atoms with Gasteiger partial charge in [-0.3, -0.25) is 0 Å². The van der Waals surface area contributed by atoms with Crippen molar-refractivity contribution < 1.29 is 4.39 Å². The summed E-state index contributed by atoms with van der Waals surface area (Å²) in [5, 5.41) is 0. The Hall–Kier alpha value is -0.560. The Morgan fingerprint density at radius 1 is 1.09 bits per heavy atom. The van der Waals surface area contributed by atoms with Gasteiger partial charge in [-0.2, -0.15) is 0 Å². The van der Waals surface area contributed by atoms with Crippen LogP contribution < -0.4 is 0 Å². The van der Waals surface area contributed by atoms with E-state index in [-0.39, 0.29) is 18.2 Å². The van der Waals surface area contributed by atoms with E-state index in [0.29, 0.717) is 5.92 Å². The molecule has 0 aliphatic heterocycles. The van der Waals surface area contributed by atoms with Crippen molar-refractivity contribution in [2.75, 3.05) is 0 Å². The van der Waals surface area contributed by atoms with Crippen LogP contribution >= 0.6 is 12.4 Å². The van der Waals surface area contributed by atoms with Crippen LogP contribution in [0.4, 0.5) is 4.39 Å². The summed E-state index contributed by atoms with van der Waals surface area (Å²) in [4.78, 5) is 0. The third-order valence-corrected chi connectivity index (χ3v) is 1.54. The molecular formula is C9H12ClF. The van der Waals surface area contributed by atoms with Gasteiger partial charge in [0.1, 0.15) is 5.82 Å². The molecule has 0 saturated heterocycles. The highest BCUT2D eigenvalue weighted by Crippen LogP contribution is 2.13. The molecule has 0 N–H and O–H groups in total. The molecular weight excluding hydrogens is 163 g/mol.